The number of amides is 1. The molecule has 0 radical (unpaired) electrons. The number of rotatable bonds is 4. The number of nitrogens with zero attached hydrogens (tertiary/aromatic N) is 3. The number of carbonyl (C=O) groups is 1. The highest BCUT2D eigenvalue weighted by atomic mass is 16.6. The number of non-ortho nitro benzene ring substituents is 1. The van der Waals surface area contributed by atoms with Crippen molar-refractivity contribution >= 4 is 17.3 Å². The zero-order valence-electron chi connectivity index (χ0n) is 13.9. The van der Waals surface area contributed by atoms with E-state index in [0.717, 1.165) is 5.56 Å². The summed E-state index contributed by atoms with van der Waals surface area (Å²) >= 11 is 0. The van der Waals surface area contributed by atoms with Crippen LogP contribution in [0.2, 0.25) is 0 Å². The number of carbonyl (C=O) groups excluding carboxylic acids is 1. The van der Waals surface area contributed by atoms with Crippen LogP contribution in [0.25, 0.3) is 0 Å². The van der Waals surface area contributed by atoms with Crippen molar-refractivity contribution in [2.45, 2.75) is 19.4 Å². The molecule has 25 heavy (non-hydrogen) atoms. The van der Waals surface area contributed by atoms with Gasteiger partial charge in [-0.05, 0) is 17.7 Å². The molecule has 0 saturated heterocycles. The van der Waals surface area contributed by atoms with Crippen LogP contribution in [-0.2, 0) is 4.79 Å². The second-order valence-electron chi connectivity index (χ2n) is 5.68. The fourth-order valence-electron chi connectivity index (χ4n) is 2.95. The fraction of sp³-hybridized carbons (Fsp3) is 0.222. The van der Waals surface area contributed by atoms with Gasteiger partial charge in [0.2, 0.25) is 5.91 Å². The Balaban J connectivity index is 1.99. The highest BCUT2D eigenvalue weighted by Crippen LogP contribution is 2.35. The van der Waals surface area contributed by atoms with Gasteiger partial charge in [-0.15, -0.1) is 0 Å². The summed E-state index contributed by atoms with van der Waals surface area (Å²) in [4.78, 5) is 22.6. The summed E-state index contributed by atoms with van der Waals surface area (Å²) in [6, 6.07) is 13.4. The SMILES string of the molecule is COc1ccccc1C1=NN(C(C)=O)[C@@H](c2cccc([N+](=O)[O-])c2)C1. The molecule has 3 rings (SSSR count). The quantitative estimate of drug-likeness (QED) is 0.632. The van der Waals surface area contributed by atoms with Gasteiger partial charge in [0.1, 0.15) is 5.75 Å². The number of methoxy groups -OCH3 is 1. The minimum Gasteiger partial charge on any atom is -0.496 e. The zero-order valence-corrected chi connectivity index (χ0v) is 13.9. The van der Waals surface area contributed by atoms with Crippen molar-refractivity contribution in [2.24, 2.45) is 5.10 Å². The number of nitro groups is 1. The first-order valence-electron chi connectivity index (χ1n) is 7.76. The first-order chi connectivity index (χ1) is 12.0. The average Bonchev–Trinajstić information content (AvgIpc) is 3.07. The van der Waals surface area contributed by atoms with Crippen LogP contribution in [0.3, 0.4) is 0 Å². The molecule has 0 aromatic heterocycles. The third-order valence-corrected chi connectivity index (χ3v) is 4.12. The van der Waals surface area contributed by atoms with E-state index in [0.29, 0.717) is 23.4 Å². The number of hydrogen-bond acceptors (Lipinski definition) is 5. The number of benzene rings is 2. The minimum atomic E-state index is -0.446. The third kappa shape index (κ3) is 3.21. The monoisotopic (exact) mass is 339 g/mol. The molecule has 7 heteroatoms. The maximum absolute atomic E-state index is 12.0. The van der Waals surface area contributed by atoms with E-state index in [-0.39, 0.29) is 17.6 Å². The van der Waals surface area contributed by atoms with E-state index in [1.807, 2.05) is 24.3 Å². The van der Waals surface area contributed by atoms with E-state index < -0.39 is 4.92 Å². The lowest BCUT2D eigenvalue weighted by molar-refractivity contribution is -0.384. The third-order valence-electron chi connectivity index (χ3n) is 4.12. The van der Waals surface area contributed by atoms with Crippen LogP contribution in [0.4, 0.5) is 5.69 Å². The number of ether oxygens (including phenoxy) is 1. The van der Waals surface area contributed by atoms with E-state index in [2.05, 4.69) is 5.10 Å². The van der Waals surface area contributed by atoms with Crippen LogP contribution >= 0.6 is 0 Å². The van der Waals surface area contributed by atoms with Crippen LogP contribution in [0.1, 0.15) is 30.5 Å². The molecule has 0 fully saturated rings. The van der Waals surface area contributed by atoms with Gasteiger partial charge in [0.15, 0.2) is 0 Å². The van der Waals surface area contributed by atoms with Crippen LogP contribution in [0.15, 0.2) is 53.6 Å². The average molecular weight is 339 g/mol. The molecule has 1 heterocycles. The lowest BCUT2D eigenvalue weighted by Gasteiger charge is -2.20. The van der Waals surface area contributed by atoms with Gasteiger partial charge in [-0.3, -0.25) is 14.9 Å². The van der Waals surface area contributed by atoms with Crippen molar-refractivity contribution in [3.8, 4) is 5.75 Å². The van der Waals surface area contributed by atoms with Crippen molar-refractivity contribution in [2.75, 3.05) is 7.11 Å². The van der Waals surface area contributed by atoms with E-state index in [1.165, 1.54) is 24.1 Å². The Morgan fingerprint density at radius 3 is 2.72 bits per heavy atom. The van der Waals surface area contributed by atoms with E-state index in [4.69, 9.17) is 4.74 Å². The molecule has 2 aromatic carbocycles. The summed E-state index contributed by atoms with van der Waals surface area (Å²) in [6.07, 6.45) is 0.459. The molecule has 0 saturated carbocycles. The van der Waals surface area contributed by atoms with Crippen LogP contribution in [-0.4, -0.2) is 28.7 Å². The van der Waals surface area contributed by atoms with Crippen LogP contribution in [0, 0.1) is 10.1 Å². The van der Waals surface area contributed by atoms with Gasteiger partial charge in [-0.1, -0.05) is 24.3 Å². The van der Waals surface area contributed by atoms with Crippen molar-refractivity contribution in [1.29, 1.82) is 0 Å². The molecule has 1 aliphatic rings. The van der Waals surface area contributed by atoms with Crippen molar-refractivity contribution < 1.29 is 14.5 Å². The molecular weight excluding hydrogens is 322 g/mol. The van der Waals surface area contributed by atoms with Gasteiger partial charge in [0, 0.05) is 31.0 Å². The molecular formula is C18H17N3O4. The summed E-state index contributed by atoms with van der Waals surface area (Å²) in [5.41, 5.74) is 2.19. The van der Waals surface area contributed by atoms with E-state index in [1.54, 1.807) is 19.2 Å². The van der Waals surface area contributed by atoms with Gasteiger partial charge < -0.3 is 4.74 Å². The Bertz CT molecular complexity index is 863. The highest BCUT2D eigenvalue weighted by Gasteiger charge is 2.33. The lowest BCUT2D eigenvalue weighted by Crippen LogP contribution is -2.24. The predicted molar refractivity (Wildman–Crippen MR) is 92.5 cm³/mol. The Morgan fingerprint density at radius 1 is 1.28 bits per heavy atom. The van der Waals surface area contributed by atoms with Gasteiger partial charge in [-0.2, -0.15) is 5.10 Å². The Morgan fingerprint density at radius 2 is 2.04 bits per heavy atom. The van der Waals surface area contributed by atoms with Gasteiger partial charge >= 0.3 is 0 Å². The maximum Gasteiger partial charge on any atom is 0.269 e. The van der Waals surface area contributed by atoms with Crippen molar-refractivity contribution in [3.05, 3.63) is 69.8 Å². The lowest BCUT2D eigenvalue weighted by atomic mass is 9.97. The summed E-state index contributed by atoms with van der Waals surface area (Å²) in [5, 5.41) is 16.9. The van der Waals surface area contributed by atoms with E-state index in [9.17, 15) is 14.9 Å². The van der Waals surface area contributed by atoms with Crippen LogP contribution in [0.5, 0.6) is 5.75 Å². The molecule has 0 aliphatic carbocycles. The standard InChI is InChI=1S/C18H17N3O4/c1-12(22)20-17(13-6-5-7-14(10-13)21(23)24)11-16(19-20)15-8-3-4-9-18(15)25-2/h3-10,17H,11H2,1-2H3/t17-/m1/s1. The predicted octanol–water partition coefficient (Wildman–Crippen LogP) is 3.30. The molecule has 0 N–H and O–H groups in total. The number of para-hydroxylation sites is 1. The van der Waals surface area contributed by atoms with Crippen molar-refractivity contribution in [1.82, 2.24) is 5.01 Å². The molecule has 2 aromatic rings. The molecule has 0 unspecified atom stereocenters. The first-order valence-corrected chi connectivity index (χ1v) is 7.76. The van der Waals surface area contributed by atoms with Crippen molar-refractivity contribution in [3.63, 3.8) is 0 Å². The molecule has 1 atom stereocenters. The first kappa shape index (κ1) is 16.6. The van der Waals surface area contributed by atoms with Gasteiger partial charge in [-0.25, -0.2) is 5.01 Å². The second kappa shape index (κ2) is 6.72. The summed E-state index contributed by atoms with van der Waals surface area (Å²) < 4.78 is 5.37. The molecule has 0 spiro atoms. The molecule has 1 amide bonds. The zero-order chi connectivity index (χ0) is 18.0. The van der Waals surface area contributed by atoms with E-state index >= 15 is 0 Å². The molecule has 1 aliphatic heterocycles. The Hall–Kier alpha value is -3.22. The normalized spacial score (nSPS) is 16.5. The fourth-order valence-corrected chi connectivity index (χ4v) is 2.95. The maximum atomic E-state index is 12.0. The molecule has 7 nitrogen and oxygen atoms in total. The minimum absolute atomic E-state index is 0.00764. The summed E-state index contributed by atoms with van der Waals surface area (Å²) in [7, 11) is 1.58. The number of hydrogen-bond donors (Lipinski definition) is 0. The Kier molecular flexibility index (Phi) is 4.47. The second-order valence-corrected chi connectivity index (χ2v) is 5.68. The molecule has 128 valence electrons. The number of nitro benzene ring substituents is 1. The largest absolute Gasteiger partial charge is 0.496 e. The number of hydrazone groups is 1. The van der Waals surface area contributed by atoms with Gasteiger partial charge in [0.25, 0.3) is 5.69 Å². The Labute approximate surface area is 144 Å². The topological polar surface area (TPSA) is 85.0 Å². The van der Waals surface area contributed by atoms with Gasteiger partial charge in [0.05, 0.1) is 23.8 Å². The summed E-state index contributed by atoms with van der Waals surface area (Å²) in [6.45, 7) is 1.43. The molecule has 0 bridgehead atoms. The van der Waals surface area contributed by atoms with Crippen LogP contribution < -0.4 is 4.74 Å². The smallest absolute Gasteiger partial charge is 0.269 e. The highest BCUT2D eigenvalue weighted by molar-refractivity contribution is 6.05. The summed E-state index contributed by atoms with van der Waals surface area (Å²) in [5.74, 6) is 0.450.